The first-order chi connectivity index (χ1) is 17.8. The molecule has 0 saturated carbocycles. The van der Waals surface area contributed by atoms with Crippen LogP contribution in [0, 0.1) is 11.3 Å². The summed E-state index contributed by atoms with van der Waals surface area (Å²) in [6.45, 7) is 0. The molecule has 166 valence electrons. The Morgan fingerprint density at radius 3 is 1.69 bits per heavy atom. The Balaban J connectivity index is 1.70. The van der Waals surface area contributed by atoms with Crippen LogP contribution in [0.15, 0.2) is 127 Å². The van der Waals surface area contributed by atoms with Crippen molar-refractivity contribution in [3.05, 3.63) is 133 Å². The quantitative estimate of drug-likeness (QED) is 0.260. The molecule has 0 atom stereocenters. The SMILES string of the molecule is N#Cc1cccc(-c2cc(-c3ccccc3)c3c(c2-c2ccccc2)-c2cccc4cccc-3c24)c1. The summed E-state index contributed by atoms with van der Waals surface area (Å²) in [6, 6.07) is 47.2. The van der Waals surface area contributed by atoms with Gasteiger partial charge in [0.2, 0.25) is 0 Å². The summed E-state index contributed by atoms with van der Waals surface area (Å²) < 4.78 is 0. The van der Waals surface area contributed by atoms with Gasteiger partial charge in [-0.05, 0) is 84.6 Å². The monoisotopic (exact) mass is 455 g/mol. The molecule has 0 fully saturated rings. The van der Waals surface area contributed by atoms with Crippen LogP contribution in [0.3, 0.4) is 0 Å². The summed E-state index contributed by atoms with van der Waals surface area (Å²) in [7, 11) is 0. The van der Waals surface area contributed by atoms with Crippen LogP contribution in [0.4, 0.5) is 0 Å². The van der Waals surface area contributed by atoms with Crippen molar-refractivity contribution in [3.63, 3.8) is 0 Å². The van der Waals surface area contributed by atoms with Crippen LogP contribution in [0.5, 0.6) is 0 Å². The average molecular weight is 456 g/mol. The second-order valence-corrected chi connectivity index (χ2v) is 9.23. The van der Waals surface area contributed by atoms with Gasteiger partial charge in [-0.15, -0.1) is 0 Å². The van der Waals surface area contributed by atoms with E-state index in [2.05, 4.69) is 115 Å². The summed E-state index contributed by atoms with van der Waals surface area (Å²) in [6.07, 6.45) is 0. The lowest BCUT2D eigenvalue weighted by Gasteiger charge is -2.21. The van der Waals surface area contributed by atoms with Crippen LogP contribution < -0.4 is 0 Å². The smallest absolute Gasteiger partial charge is 0.0991 e. The highest BCUT2D eigenvalue weighted by atomic mass is 14.3. The Bertz CT molecular complexity index is 1820. The van der Waals surface area contributed by atoms with Crippen LogP contribution in [0.2, 0.25) is 0 Å². The molecule has 6 aromatic carbocycles. The van der Waals surface area contributed by atoms with Crippen molar-refractivity contribution in [3.8, 4) is 61.7 Å². The highest BCUT2D eigenvalue weighted by molar-refractivity contribution is 6.22. The predicted molar refractivity (Wildman–Crippen MR) is 149 cm³/mol. The van der Waals surface area contributed by atoms with Crippen molar-refractivity contribution in [2.45, 2.75) is 0 Å². The number of hydrogen-bond acceptors (Lipinski definition) is 1. The molecule has 1 aliphatic carbocycles. The van der Waals surface area contributed by atoms with Gasteiger partial charge < -0.3 is 0 Å². The Morgan fingerprint density at radius 2 is 1.00 bits per heavy atom. The highest BCUT2D eigenvalue weighted by Gasteiger charge is 2.29. The molecule has 1 heteroatoms. The Labute approximate surface area is 210 Å². The Morgan fingerprint density at radius 1 is 0.417 bits per heavy atom. The van der Waals surface area contributed by atoms with E-state index in [1.165, 1.54) is 55.3 Å². The minimum atomic E-state index is 0.665. The molecule has 1 nitrogen and oxygen atoms in total. The number of nitriles is 1. The van der Waals surface area contributed by atoms with E-state index >= 15 is 0 Å². The minimum Gasteiger partial charge on any atom is -0.192 e. The van der Waals surface area contributed by atoms with Crippen molar-refractivity contribution in [2.24, 2.45) is 0 Å². The minimum absolute atomic E-state index is 0.665. The van der Waals surface area contributed by atoms with Crippen LogP contribution in [-0.2, 0) is 0 Å². The molecule has 0 aliphatic heterocycles. The molecule has 0 unspecified atom stereocenters. The number of benzene rings is 6. The van der Waals surface area contributed by atoms with E-state index in [1.807, 2.05) is 18.2 Å². The van der Waals surface area contributed by atoms with E-state index in [-0.39, 0.29) is 0 Å². The first-order valence-corrected chi connectivity index (χ1v) is 12.2. The third-order valence-corrected chi connectivity index (χ3v) is 7.22. The maximum Gasteiger partial charge on any atom is 0.0991 e. The van der Waals surface area contributed by atoms with Gasteiger partial charge in [0.25, 0.3) is 0 Å². The normalized spacial score (nSPS) is 11.3. The molecular weight excluding hydrogens is 434 g/mol. The zero-order valence-electron chi connectivity index (χ0n) is 19.6. The molecule has 0 radical (unpaired) electrons. The van der Waals surface area contributed by atoms with Gasteiger partial charge in [-0.3, -0.25) is 0 Å². The van der Waals surface area contributed by atoms with Crippen molar-refractivity contribution in [1.29, 1.82) is 5.26 Å². The highest BCUT2D eigenvalue weighted by Crippen LogP contribution is 2.57. The van der Waals surface area contributed by atoms with Crippen molar-refractivity contribution in [1.82, 2.24) is 0 Å². The van der Waals surface area contributed by atoms with Gasteiger partial charge in [0.15, 0.2) is 0 Å². The largest absolute Gasteiger partial charge is 0.192 e. The number of rotatable bonds is 3. The zero-order chi connectivity index (χ0) is 24.1. The van der Waals surface area contributed by atoms with Gasteiger partial charge in [0.05, 0.1) is 11.6 Å². The van der Waals surface area contributed by atoms with E-state index in [0.717, 1.165) is 11.1 Å². The summed E-state index contributed by atoms with van der Waals surface area (Å²) in [5, 5.41) is 12.2. The standard InChI is InChI=1S/C35H21N/c36-22-23-10-7-17-27(20-23)31-21-30(24-11-3-1-4-12-24)34-28-18-8-15-25-16-9-19-29(32(25)28)35(34)33(31)26-13-5-2-6-14-26/h1-21H. The summed E-state index contributed by atoms with van der Waals surface area (Å²) >= 11 is 0. The number of fused-ring (bicyclic) bond motifs is 3. The molecule has 36 heavy (non-hydrogen) atoms. The van der Waals surface area contributed by atoms with Crippen LogP contribution >= 0.6 is 0 Å². The van der Waals surface area contributed by atoms with Crippen molar-refractivity contribution >= 4 is 10.8 Å². The topological polar surface area (TPSA) is 23.8 Å². The third-order valence-electron chi connectivity index (χ3n) is 7.22. The lowest BCUT2D eigenvalue weighted by atomic mass is 9.82. The van der Waals surface area contributed by atoms with E-state index < -0.39 is 0 Å². The molecule has 0 aromatic heterocycles. The molecule has 1 aliphatic rings. The lowest BCUT2D eigenvalue weighted by molar-refractivity contribution is 1.48. The van der Waals surface area contributed by atoms with Crippen molar-refractivity contribution in [2.75, 3.05) is 0 Å². The fourth-order valence-electron chi connectivity index (χ4n) is 5.72. The number of nitrogens with zero attached hydrogens (tertiary/aromatic N) is 1. The number of hydrogen-bond donors (Lipinski definition) is 0. The first-order valence-electron chi connectivity index (χ1n) is 12.2. The van der Waals surface area contributed by atoms with E-state index in [1.54, 1.807) is 0 Å². The maximum absolute atomic E-state index is 9.65. The van der Waals surface area contributed by atoms with Gasteiger partial charge in [0, 0.05) is 0 Å². The molecule has 0 N–H and O–H groups in total. The summed E-state index contributed by atoms with van der Waals surface area (Å²) in [5.74, 6) is 0. The van der Waals surface area contributed by atoms with Gasteiger partial charge in [-0.2, -0.15) is 5.26 Å². The molecule has 0 spiro atoms. The van der Waals surface area contributed by atoms with Gasteiger partial charge in [-0.25, -0.2) is 0 Å². The van der Waals surface area contributed by atoms with E-state index in [0.29, 0.717) is 5.56 Å². The molecular formula is C35H21N. The fraction of sp³-hybridized carbons (Fsp3) is 0. The predicted octanol–water partition coefficient (Wildman–Crippen LogP) is 9.36. The molecule has 6 aromatic rings. The first kappa shape index (κ1) is 20.4. The third kappa shape index (κ3) is 3.02. The maximum atomic E-state index is 9.65. The van der Waals surface area contributed by atoms with Crippen LogP contribution in [-0.4, -0.2) is 0 Å². The molecule has 0 heterocycles. The van der Waals surface area contributed by atoms with Gasteiger partial charge in [-0.1, -0.05) is 109 Å². The van der Waals surface area contributed by atoms with Crippen LogP contribution in [0.25, 0.3) is 66.4 Å². The van der Waals surface area contributed by atoms with Crippen molar-refractivity contribution < 1.29 is 0 Å². The van der Waals surface area contributed by atoms with Gasteiger partial charge in [0.1, 0.15) is 0 Å². The summed E-state index contributed by atoms with van der Waals surface area (Å²) in [4.78, 5) is 0. The fourth-order valence-corrected chi connectivity index (χ4v) is 5.72. The Hall–Kier alpha value is -4.93. The molecule has 0 amide bonds. The molecule has 0 bridgehead atoms. The second kappa shape index (κ2) is 8.08. The zero-order valence-corrected chi connectivity index (χ0v) is 19.6. The molecule has 0 saturated heterocycles. The van der Waals surface area contributed by atoms with Gasteiger partial charge >= 0.3 is 0 Å². The lowest BCUT2D eigenvalue weighted by Crippen LogP contribution is -1.94. The Kier molecular flexibility index (Phi) is 4.59. The summed E-state index contributed by atoms with van der Waals surface area (Å²) in [5.41, 5.74) is 12.8. The molecule has 7 rings (SSSR count). The average Bonchev–Trinajstić information content (AvgIpc) is 3.29. The van der Waals surface area contributed by atoms with E-state index in [4.69, 9.17) is 0 Å². The van der Waals surface area contributed by atoms with Crippen LogP contribution in [0.1, 0.15) is 5.56 Å². The second-order valence-electron chi connectivity index (χ2n) is 9.23. The van der Waals surface area contributed by atoms with E-state index in [9.17, 15) is 5.26 Å².